The molecular formula is C38H50ClNP2. The smallest absolute Gasteiger partial charge is 0.0186 e. The SMILES string of the molecule is C.C.CCCCNP1[C@@H](c2ccccc2)CC[C@@H]1c1ccccc1.ClP1[C@@H](c2ccccc2)CC[C@@H]1c1ccccc1. The summed E-state index contributed by atoms with van der Waals surface area (Å²) in [5.74, 6) is 0. The highest BCUT2D eigenvalue weighted by molar-refractivity contribution is 7.84. The van der Waals surface area contributed by atoms with E-state index in [-0.39, 0.29) is 22.9 Å². The summed E-state index contributed by atoms with van der Waals surface area (Å²) in [7, 11) is -0.658. The van der Waals surface area contributed by atoms with Crippen molar-refractivity contribution in [2.24, 2.45) is 0 Å². The minimum absolute atomic E-state index is 0. The highest BCUT2D eigenvalue weighted by Crippen LogP contribution is 2.73. The topological polar surface area (TPSA) is 12.0 Å². The molecule has 2 fully saturated rings. The Morgan fingerprint density at radius 2 is 0.857 bits per heavy atom. The van der Waals surface area contributed by atoms with Gasteiger partial charge in [0.2, 0.25) is 0 Å². The van der Waals surface area contributed by atoms with E-state index in [9.17, 15) is 0 Å². The van der Waals surface area contributed by atoms with Crippen LogP contribution in [0.15, 0.2) is 121 Å². The number of benzene rings is 4. The number of rotatable bonds is 8. The predicted molar refractivity (Wildman–Crippen MR) is 191 cm³/mol. The molecule has 42 heavy (non-hydrogen) atoms. The van der Waals surface area contributed by atoms with E-state index in [1.54, 1.807) is 0 Å². The molecule has 0 unspecified atom stereocenters. The number of unbranched alkanes of at least 4 members (excludes halogenated alkanes) is 1. The molecule has 1 nitrogen and oxygen atoms in total. The lowest BCUT2D eigenvalue weighted by molar-refractivity contribution is 0.764. The maximum absolute atomic E-state index is 6.78. The van der Waals surface area contributed by atoms with Gasteiger partial charge in [-0.1, -0.05) is 161 Å². The van der Waals surface area contributed by atoms with E-state index in [2.05, 4.69) is 133 Å². The maximum atomic E-state index is 6.78. The van der Waals surface area contributed by atoms with E-state index < -0.39 is 7.27 Å². The summed E-state index contributed by atoms with van der Waals surface area (Å²) in [6.45, 7) is 3.43. The molecule has 0 aliphatic carbocycles. The van der Waals surface area contributed by atoms with E-state index in [4.69, 9.17) is 11.2 Å². The second-order valence-electron chi connectivity index (χ2n) is 10.9. The lowest BCUT2D eigenvalue weighted by Gasteiger charge is -2.27. The monoisotopic (exact) mass is 617 g/mol. The zero-order valence-electron chi connectivity index (χ0n) is 23.6. The van der Waals surface area contributed by atoms with Crippen LogP contribution in [0.1, 0.15) is 105 Å². The Labute approximate surface area is 263 Å². The Morgan fingerprint density at radius 1 is 0.548 bits per heavy atom. The van der Waals surface area contributed by atoms with Gasteiger partial charge in [-0.3, -0.25) is 5.09 Å². The number of nitrogens with one attached hydrogen (secondary N) is 1. The average molecular weight is 618 g/mol. The van der Waals surface area contributed by atoms with Crippen molar-refractivity contribution in [2.75, 3.05) is 6.54 Å². The van der Waals surface area contributed by atoms with Crippen LogP contribution in [0, 0.1) is 0 Å². The molecule has 4 aromatic carbocycles. The third-order valence-electron chi connectivity index (χ3n) is 8.26. The predicted octanol–water partition coefficient (Wildman–Crippen LogP) is 13.2. The summed E-state index contributed by atoms with van der Waals surface area (Å²) in [5, 5.41) is 3.94. The third-order valence-corrected chi connectivity index (χ3v) is 15.0. The van der Waals surface area contributed by atoms with Crippen molar-refractivity contribution in [3.63, 3.8) is 0 Å². The largest absolute Gasteiger partial charge is 0.295 e. The first-order valence-electron chi connectivity index (χ1n) is 14.9. The molecule has 0 amide bonds. The van der Waals surface area contributed by atoms with Crippen LogP contribution in [0.25, 0.3) is 0 Å². The second kappa shape index (κ2) is 18.0. The van der Waals surface area contributed by atoms with Gasteiger partial charge in [0.15, 0.2) is 0 Å². The van der Waals surface area contributed by atoms with E-state index in [0.717, 1.165) is 6.54 Å². The molecule has 0 spiro atoms. The number of hydrogen-bond acceptors (Lipinski definition) is 1. The van der Waals surface area contributed by atoms with Gasteiger partial charge in [0.1, 0.15) is 0 Å². The van der Waals surface area contributed by atoms with E-state index >= 15 is 0 Å². The van der Waals surface area contributed by atoms with Gasteiger partial charge in [-0.05, 0) is 69.0 Å². The summed E-state index contributed by atoms with van der Waals surface area (Å²) in [5.41, 5.74) is 8.42. The van der Waals surface area contributed by atoms with Crippen LogP contribution >= 0.6 is 26.6 Å². The Balaban J connectivity index is 0.000000224. The molecular weight excluding hydrogens is 568 g/mol. The summed E-state index contributed by atoms with van der Waals surface area (Å²) < 4.78 is 0. The lowest BCUT2D eigenvalue weighted by Crippen LogP contribution is -2.13. The van der Waals surface area contributed by atoms with Crippen molar-refractivity contribution in [2.45, 2.75) is 82.9 Å². The fourth-order valence-electron chi connectivity index (χ4n) is 6.17. The first kappa shape index (κ1) is 34.5. The first-order valence-corrected chi connectivity index (χ1v) is 18.8. The molecule has 1 N–H and O–H groups in total. The van der Waals surface area contributed by atoms with Gasteiger partial charge in [0.05, 0.1) is 0 Å². The Morgan fingerprint density at radius 3 is 1.19 bits per heavy atom. The van der Waals surface area contributed by atoms with Gasteiger partial charge in [-0.15, -0.1) is 0 Å². The van der Waals surface area contributed by atoms with E-state index in [1.807, 2.05) is 0 Å². The van der Waals surface area contributed by atoms with Gasteiger partial charge >= 0.3 is 0 Å². The molecule has 0 saturated carbocycles. The molecule has 0 radical (unpaired) electrons. The lowest BCUT2D eigenvalue weighted by atomic mass is 10.0. The molecule has 2 aliphatic rings. The van der Waals surface area contributed by atoms with Crippen LogP contribution in [0.5, 0.6) is 0 Å². The van der Waals surface area contributed by atoms with Crippen LogP contribution < -0.4 is 5.09 Å². The standard InChI is InChI=1S/C20H26NP.C16H16ClP.2CH4/c1-2-3-16-21-22-19(17-10-6-4-7-11-17)14-15-20(22)18-12-8-5-9-13-18;17-18-15(13-7-3-1-4-8-13)11-12-16(18)14-9-5-2-6-10-14;;/h4-13,19-21H,2-3,14-16H2,1H3;1-10,15-16H,11-12H2;2*1H4/t19-,20-;15-,16-;;/m11../s1. The Kier molecular flexibility index (Phi) is 14.7. The summed E-state index contributed by atoms with van der Waals surface area (Å²) in [4.78, 5) is 0. The maximum Gasteiger partial charge on any atom is 0.0186 e. The van der Waals surface area contributed by atoms with Crippen molar-refractivity contribution in [1.29, 1.82) is 0 Å². The van der Waals surface area contributed by atoms with Gasteiger partial charge in [-0.2, -0.15) is 0 Å². The molecule has 0 bridgehead atoms. The zero-order valence-corrected chi connectivity index (χ0v) is 26.1. The summed E-state index contributed by atoms with van der Waals surface area (Å²) in [6.07, 6.45) is 7.62. The molecule has 4 heteroatoms. The van der Waals surface area contributed by atoms with Gasteiger partial charge in [0.25, 0.3) is 0 Å². The summed E-state index contributed by atoms with van der Waals surface area (Å²) in [6, 6.07) is 43.7. The average Bonchev–Trinajstić information content (AvgIpc) is 3.63. The van der Waals surface area contributed by atoms with E-state index in [1.165, 1.54) is 60.8 Å². The van der Waals surface area contributed by atoms with Gasteiger partial charge in [-0.25, -0.2) is 0 Å². The van der Waals surface area contributed by atoms with E-state index in [0.29, 0.717) is 22.6 Å². The molecule has 2 heterocycles. The van der Waals surface area contributed by atoms with Crippen molar-refractivity contribution in [3.05, 3.63) is 144 Å². The molecule has 224 valence electrons. The second-order valence-corrected chi connectivity index (χ2v) is 16.4. The van der Waals surface area contributed by atoms with Crippen LogP contribution in [0.3, 0.4) is 0 Å². The van der Waals surface area contributed by atoms with Crippen molar-refractivity contribution in [1.82, 2.24) is 5.09 Å². The molecule has 0 aromatic heterocycles. The quantitative estimate of drug-likeness (QED) is 0.153. The molecule has 4 atom stereocenters. The minimum atomic E-state index is -0.472. The molecule has 4 aromatic rings. The minimum Gasteiger partial charge on any atom is -0.295 e. The fraction of sp³-hybridized carbons (Fsp3) is 0.368. The van der Waals surface area contributed by atoms with Crippen LogP contribution in [0.4, 0.5) is 0 Å². The van der Waals surface area contributed by atoms with Gasteiger partial charge in [0, 0.05) is 29.9 Å². The molecule has 2 saturated heterocycles. The van der Waals surface area contributed by atoms with Crippen LogP contribution in [-0.4, -0.2) is 6.54 Å². The first-order chi connectivity index (χ1) is 19.8. The molecule has 2 aliphatic heterocycles. The Bertz CT molecular complexity index is 1160. The Hall–Kier alpha value is -2.01. The summed E-state index contributed by atoms with van der Waals surface area (Å²) >= 11 is 6.78. The number of hydrogen-bond donors (Lipinski definition) is 1. The zero-order chi connectivity index (χ0) is 27.6. The van der Waals surface area contributed by atoms with Crippen molar-refractivity contribution < 1.29 is 0 Å². The van der Waals surface area contributed by atoms with Gasteiger partial charge < -0.3 is 0 Å². The highest BCUT2D eigenvalue weighted by Gasteiger charge is 2.37. The van der Waals surface area contributed by atoms with Crippen LogP contribution in [0.2, 0.25) is 0 Å². The molecule has 6 rings (SSSR count). The normalized spacial score (nSPS) is 22.0. The fourth-order valence-corrected chi connectivity index (χ4v) is 12.7. The van der Waals surface area contributed by atoms with Crippen LogP contribution in [-0.2, 0) is 0 Å². The highest BCUT2D eigenvalue weighted by atomic mass is 35.7. The van der Waals surface area contributed by atoms with Crippen molar-refractivity contribution >= 4 is 26.6 Å². The number of halogens is 1. The third kappa shape index (κ3) is 8.77. The van der Waals surface area contributed by atoms with Crippen molar-refractivity contribution in [3.8, 4) is 0 Å².